The molecule has 1 unspecified atom stereocenters. The first-order chi connectivity index (χ1) is 8.46. The van der Waals surface area contributed by atoms with E-state index in [0.29, 0.717) is 6.54 Å². The number of benzene rings is 1. The van der Waals surface area contributed by atoms with E-state index < -0.39 is 0 Å². The van der Waals surface area contributed by atoms with E-state index in [1.54, 1.807) is 12.1 Å². The highest BCUT2D eigenvalue weighted by Crippen LogP contribution is 2.28. The summed E-state index contributed by atoms with van der Waals surface area (Å²) in [6.07, 6.45) is 2.46. The molecule has 0 radical (unpaired) electrons. The molecule has 0 amide bonds. The van der Waals surface area contributed by atoms with Gasteiger partial charge < -0.3 is 10.1 Å². The van der Waals surface area contributed by atoms with Crippen LogP contribution in [0.5, 0.6) is 0 Å². The highest BCUT2D eigenvalue weighted by atomic mass is 35.5. The number of ether oxygens (including phenoxy) is 1. The summed E-state index contributed by atoms with van der Waals surface area (Å²) in [5.74, 6) is -0.374. The first-order valence-electron chi connectivity index (χ1n) is 6.29. The lowest BCUT2D eigenvalue weighted by Gasteiger charge is -2.19. The molecule has 1 N–H and O–H groups in total. The van der Waals surface area contributed by atoms with Gasteiger partial charge in [-0.05, 0) is 44.4 Å². The number of halogens is 2. The fourth-order valence-corrected chi connectivity index (χ4v) is 2.45. The zero-order chi connectivity index (χ0) is 13.2. The van der Waals surface area contributed by atoms with Gasteiger partial charge >= 0.3 is 0 Å². The Kier molecular flexibility index (Phi) is 4.25. The second kappa shape index (κ2) is 5.55. The maximum absolute atomic E-state index is 13.0. The van der Waals surface area contributed by atoms with E-state index in [4.69, 9.17) is 16.3 Å². The monoisotopic (exact) mass is 271 g/mol. The molecule has 1 aromatic carbocycles. The van der Waals surface area contributed by atoms with Crippen LogP contribution in [0.25, 0.3) is 0 Å². The molecule has 1 aliphatic heterocycles. The minimum absolute atomic E-state index is 0.00549. The van der Waals surface area contributed by atoms with Crippen molar-refractivity contribution in [2.24, 2.45) is 0 Å². The average Bonchev–Trinajstić information content (AvgIpc) is 2.63. The Balaban J connectivity index is 1.77. The van der Waals surface area contributed by atoms with Gasteiger partial charge in [0.1, 0.15) is 5.82 Å². The van der Waals surface area contributed by atoms with Crippen LogP contribution in [0.4, 0.5) is 4.39 Å². The number of hydrogen-bond acceptors (Lipinski definition) is 2. The predicted octanol–water partition coefficient (Wildman–Crippen LogP) is 3.53. The summed E-state index contributed by atoms with van der Waals surface area (Å²) in [5.41, 5.74) is 0.990. The van der Waals surface area contributed by atoms with E-state index in [9.17, 15) is 4.39 Å². The first-order valence-corrected chi connectivity index (χ1v) is 6.66. The maximum atomic E-state index is 13.0. The van der Waals surface area contributed by atoms with E-state index >= 15 is 0 Å². The van der Waals surface area contributed by atoms with Crippen molar-refractivity contribution in [2.75, 3.05) is 6.54 Å². The summed E-state index contributed by atoms with van der Waals surface area (Å²) in [6, 6.07) is 4.80. The lowest BCUT2D eigenvalue weighted by atomic mass is 10.1. The van der Waals surface area contributed by atoms with Crippen molar-refractivity contribution in [3.8, 4) is 0 Å². The first kappa shape index (κ1) is 13.8. The van der Waals surface area contributed by atoms with Gasteiger partial charge in [0.2, 0.25) is 0 Å². The molecule has 1 aromatic rings. The minimum Gasteiger partial charge on any atom is -0.371 e. The Morgan fingerprint density at radius 3 is 2.89 bits per heavy atom. The van der Waals surface area contributed by atoms with Crippen LogP contribution in [0.15, 0.2) is 18.2 Å². The van der Waals surface area contributed by atoms with Gasteiger partial charge in [-0.1, -0.05) is 17.7 Å². The molecule has 0 aromatic heterocycles. The predicted molar refractivity (Wildman–Crippen MR) is 71.3 cm³/mol. The Hall–Kier alpha value is -0.640. The zero-order valence-corrected chi connectivity index (χ0v) is 11.6. The number of nitrogens with one attached hydrogen (secondary N) is 1. The van der Waals surface area contributed by atoms with Crippen molar-refractivity contribution < 1.29 is 9.13 Å². The molecule has 4 heteroatoms. The molecule has 1 saturated heterocycles. The Labute approximate surface area is 112 Å². The molecule has 18 heavy (non-hydrogen) atoms. The summed E-state index contributed by atoms with van der Waals surface area (Å²) >= 11 is 5.73. The third-order valence-corrected chi connectivity index (χ3v) is 3.53. The van der Waals surface area contributed by atoms with Crippen molar-refractivity contribution in [1.29, 1.82) is 0 Å². The van der Waals surface area contributed by atoms with Gasteiger partial charge in [0.25, 0.3) is 0 Å². The van der Waals surface area contributed by atoms with Crippen LogP contribution in [0.3, 0.4) is 0 Å². The Morgan fingerprint density at radius 2 is 2.28 bits per heavy atom. The van der Waals surface area contributed by atoms with Crippen molar-refractivity contribution >= 4 is 11.6 Å². The molecule has 0 bridgehead atoms. The molecule has 0 aliphatic carbocycles. The third kappa shape index (κ3) is 3.67. The molecule has 0 spiro atoms. The lowest BCUT2D eigenvalue weighted by Crippen LogP contribution is -2.29. The highest BCUT2D eigenvalue weighted by Gasteiger charge is 2.30. The van der Waals surface area contributed by atoms with E-state index in [0.717, 1.165) is 24.9 Å². The maximum Gasteiger partial charge on any atom is 0.141 e. The molecule has 2 nitrogen and oxygen atoms in total. The van der Waals surface area contributed by atoms with Gasteiger partial charge in [-0.3, -0.25) is 0 Å². The Bertz CT molecular complexity index is 422. The molecule has 1 heterocycles. The van der Waals surface area contributed by atoms with Crippen molar-refractivity contribution in [3.63, 3.8) is 0 Å². The minimum atomic E-state index is -0.374. The van der Waals surface area contributed by atoms with Crippen molar-refractivity contribution in [2.45, 2.75) is 44.9 Å². The van der Waals surface area contributed by atoms with Gasteiger partial charge in [0, 0.05) is 13.1 Å². The van der Waals surface area contributed by atoms with Gasteiger partial charge in [-0.2, -0.15) is 0 Å². The van der Waals surface area contributed by atoms with E-state index in [1.165, 1.54) is 6.07 Å². The lowest BCUT2D eigenvalue weighted by molar-refractivity contribution is -0.0142. The van der Waals surface area contributed by atoms with Crippen molar-refractivity contribution in [1.82, 2.24) is 5.32 Å². The van der Waals surface area contributed by atoms with Crippen molar-refractivity contribution in [3.05, 3.63) is 34.6 Å². The van der Waals surface area contributed by atoms with E-state index in [1.807, 2.05) is 0 Å². The third-order valence-electron chi connectivity index (χ3n) is 3.24. The van der Waals surface area contributed by atoms with Crippen LogP contribution in [0.1, 0.15) is 32.3 Å². The second-order valence-corrected chi connectivity index (χ2v) is 5.82. The molecule has 1 atom stereocenters. The van der Waals surface area contributed by atoms with Gasteiger partial charge in [-0.15, -0.1) is 0 Å². The van der Waals surface area contributed by atoms with Crippen LogP contribution in [-0.4, -0.2) is 18.2 Å². The summed E-state index contributed by atoms with van der Waals surface area (Å²) in [6.45, 7) is 5.73. The summed E-state index contributed by atoms with van der Waals surface area (Å²) in [5, 5.41) is 3.50. The van der Waals surface area contributed by atoms with Crippen LogP contribution >= 0.6 is 11.6 Å². The normalized spacial score (nSPS) is 22.3. The summed E-state index contributed by atoms with van der Waals surface area (Å²) in [4.78, 5) is 0. The topological polar surface area (TPSA) is 21.3 Å². The quantitative estimate of drug-likeness (QED) is 0.905. The number of rotatable bonds is 4. The SMILES string of the molecule is CC1(C)CCC(CNCc2ccc(F)c(Cl)c2)O1. The van der Waals surface area contributed by atoms with E-state index in [2.05, 4.69) is 19.2 Å². The van der Waals surface area contributed by atoms with Gasteiger partial charge in [-0.25, -0.2) is 4.39 Å². The molecule has 0 saturated carbocycles. The summed E-state index contributed by atoms with van der Waals surface area (Å²) < 4.78 is 18.9. The average molecular weight is 272 g/mol. The largest absolute Gasteiger partial charge is 0.371 e. The molecule has 1 aliphatic rings. The fraction of sp³-hybridized carbons (Fsp3) is 0.571. The van der Waals surface area contributed by atoms with Crippen LogP contribution in [0, 0.1) is 5.82 Å². The molecule has 1 fully saturated rings. The highest BCUT2D eigenvalue weighted by molar-refractivity contribution is 6.30. The summed E-state index contributed by atoms with van der Waals surface area (Å²) in [7, 11) is 0. The fourth-order valence-electron chi connectivity index (χ4n) is 2.25. The smallest absolute Gasteiger partial charge is 0.141 e. The molecular formula is C14H19ClFNO. The van der Waals surface area contributed by atoms with Gasteiger partial charge in [0.05, 0.1) is 16.7 Å². The molecular weight excluding hydrogens is 253 g/mol. The zero-order valence-electron chi connectivity index (χ0n) is 10.8. The standard InChI is InChI=1S/C14H19ClFNO/c1-14(2)6-5-11(18-14)9-17-8-10-3-4-13(16)12(15)7-10/h3-4,7,11,17H,5-6,8-9H2,1-2H3. The van der Waals surface area contributed by atoms with Crippen LogP contribution in [0.2, 0.25) is 5.02 Å². The van der Waals surface area contributed by atoms with Gasteiger partial charge in [0.15, 0.2) is 0 Å². The van der Waals surface area contributed by atoms with Crippen LogP contribution < -0.4 is 5.32 Å². The second-order valence-electron chi connectivity index (χ2n) is 5.42. The van der Waals surface area contributed by atoms with Crippen LogP contribution in [-0.2, 0) is 11.3 Å². The number of hydrogen-bond donors (Lipinski definition) is 1. The Morgan fingerprint density at radius 1 is 1.50 bits per heavy atom. The molecule has 2 rings (SSSR count). The van der Waals surface area contributed by atoms with E-state index in [-0.39, 0.29) is 22.5 Å². The molecule has 100 valence electrons.